The van der Waals surface area contributed by atoms with Gasteiger partial charge in [0.1, 0.15) is 6.61 Å². The average Bonchev–Trinajstić information content (AvgIpc) is 3.13. The lowest BCUT2D eigenvalue weighted by Crippen LogP contribution is -2.35. The number of nitrogens with zero attached hydrogens (tertiary/aromatic N) is 3. The van der Waals surface area contributed by atoms with E-state index in [4.69, 9.17) is 4.74 Å². The van der Waals surface area contributed by atoms with E-state index >= 15 is 0 Å². The highest BCUT2D eigenvalue weighted by molar-refractivity contribution is 5.93. The molecule has 0 atom stereocenters. The highest BCUT2D eigenvalue weighted by Crippen LogP contribution is 2.19. The highest BCUT2D eigenvalue weighted by Gasteiger charge is 2.17. The number of hydrogen-bond donors (Lipinski definition) is 2. The molecule has 2 heterocycles. The fraction of sp³-hybridized carbons (Fsp3) is 0.300. The number of nitrogens with one attached hydrogen (secondary N) is 2. The Balaban J connectivity index is 1.70. The second kappa shape index (κ2) is 8.98. The van der Waals surface area contributed by atoms with Gasteiger partial charge in [-0.2, -0.15) is 5.10 Å². The molecule has 2 N–H and O–H groups in total. The summed E-state index contributed by atoms with van der Waals surface area (Å²) in [5, 5.41) is 10.4. The smallest absolute Gasteiger partial charge is 0.406 e. The van der Waals surface area contributed by atoms with Crippen molar-refractivity contribution >= 4 is 28.7 Å². The van der Waals surface area contributed by atoms with E-state index in [2.05, 4.69) is 20.5 Å². The quantitative estimate of drug-likeness (QED) is 0.655. The monoisotopic (exact) mass is 381 g/mol. The van der Waals surface area contributed by atoms with Gasteiger partial charge in [-0.15, -0.1) is 0 Å². The Labute approximate surface area is 162 Å². The molecule has 8 heteroatoms. The molecule has 0 radical (unpaired) electrons. The van der Waals surface area contributed by atoms with Crippen molar-refractivity contribution in [3.05, 3.63) is 53.9 Å². The van der Waals surface area contributed by atoms with Crippen LogP contribution in [0.1, 0.15) is 17.7 Å². The Morgan fingerprint density at radius 1 is 1.21 bits per heavy atom. The van der Waals surface area contributed by atoms with Crippen LogP contribution < -0.4 is 10.2 Å². The summed E-state index contributed by atoms with van der Waals surface area (Å²) >= 11 is 0. The van der Waals surface area contributed by atoms with Gasteiger partial charge in [0.25, 0.3) is 0 Å². The lowest BCUT2D eigenvalue weighted by atomic mass is 10.1. The first-order chi connectivity index (χ1) is 13.6. The number of hydrogen-bond acceptors (Lipinski definition) is 5. The molecule has 146 valence electrons. The molecule has 0 aliphatic carbocycles. The average molecular weight is 381 g/mol. The summed E-state index contributed by atoms with van der Waals surface area (Å²) in [4.78, 5) is 30.1. The Hall–Kier alpha value is -3.42. The molecule has 0 fully saturated rings. The highest BCUT2D eigenvalue weighted by atomic mass is 16.5. The van der Waals surface area contributed by atoms with Gasteiger partial charge >= 0.3 is 6.09 Å². The van der Waals surface area contributed by atoms with Crippen molar-refractivity contribution in [3.8, 4) is 0 Å². The number of aromatic amines is 1. The topological polar surface area (TPSA) is 100 Å². The van der Waals surface area contributed by atoms with Crippen molar-refractivity contribution in [2.75, 3.05) is 25.1 Å². The van der Waals surface area contributed by atoms with Crippen LogP contribution in [-0.2, 0) is 16.0 Å². The number of fused-ring (bicyclic) bond motifs is 1. The number of aryl methyl sites for hydroxylation is 2. The lowest BCUT2D eigenvalue weighted by molar-refractivity contribution is -0.118. The van der Waals surface area contributed by atoms with Crippen LogP contribution in [0.5, 0.6) is 0 Å². The zero-order valence-corrected chi connectivity index (χ0v) is 15.9. The van der Waals surface area contributed by atoms with Gasteiger partial charge in [0.05, 0.1) is 6.54 Å². The number of H-pyrrole nitrogens is 1. The van der Waals surface area contributed by atoms with E-state index in [1.54, 1.807) is 11.1 Å². The zero-order valence-electron chi connectivity index (χ0n) is 15.9. The molecule has 0 spiro atoms. The first kappa shape index (κ1) is 19.3. The molecular formula is C20H23N5O3. The van der Waals surface area contributed by atoms with Gasteiger partial charge in [-0.25, -0.2) is 9.78 Å². The number of carbonyl (C=O) groups excluding carboxylic acids is 2. The van der Waals surface area contributed by atoms with Gasteiger partial charge in [-0.3, -0.25) is 9.89 Å². The van der Waals surface area contributed by atoms with Crippen LogP contribution in [0.3, 0.4) is 0 Å². The van der Waals surface area contributed by atoms with Crippen molar-refractivity contribution in [3.63, 3.8) is 0 Å². The second-order valence-corrected chi connectivity index (χ2v) is 6.34. The molecule has 0 saturated heterocycles. The SMILES string of the molecule is CNC(=O)OCCN(C(=O)CCc1[nH]nc2ncccc12)c1ccc(C)cc1. The number of benzene rings is 1. The van der Waals surface area contributed by atoms with Crippen LogP contribution in [0, 0.1) is 6.92 Å². The Bertz CT molecular complexity index is 952. The van der Waals surface area contributed by atoms with E-state index in [1.807, 2.05) is 43.3 Å². The molecule has 1 aromatic carbocycles. The van der Waals surface area contributed by atoms with Crippen molar-refractivity contribution in [2.24, 2.45) is 0 Å². The van der Waals surface area contributed by atoms with Crippen LogP contribution in [0.15, 0.2) is 42.6 Å². The minimum Gasteiger partial charge on any atom is -0.448 e. The molecule has 2 aromatic heterocycles. The third-order valence-electron chi connectivity index (χ3n) is 4.40. The molecular weight excluding hydrogens is 358 g/mol. The second-order valence-electron chi connectivity index (χ2n) is 6.34. The van der Waals surface area contributed by atoms with Gasteiger partial charge in [0.15, 0.2) is 5.65 Å². The molecule has 0 bridgehead atoms. The van der Waals surface area contributed by atoms with Crippen LogP contribution >= 0.6 is 0 Å². The number of anilines is 1. The van der Waals surface area contributed by atoms with Crippen LogP contribution in [0.25, 0.3) is 11.0 Å². The van der Waals surface area contributed by atoms with Crippen molar-refractivity contribution in [2.45, 2.75) is 19.8 Å². The molecule has 0 aliphatic rings. The fourth-order valence-corrected chi connectivity index (χ4v) is 2.88. The first-order valence-electron chi connectivity index (χ1n) is 9.08. The summed E-state index contributed by atoms with van der Waals surface area (Å²) in [6, 6.07) is 11.5. The summed E-state index contributed by atoms with van der Waals surface area (Å²) in [6.07, 6.45) is 1.97. The van der Waals surface area contributed by atoms with Gasteiger partial charge < -0.3 is 15.0 Å². The maximum Gasteiger partial charge on any atom is 0.406 e. The van der Waals surface area contributed by atoms with E-state index in [0.29, 0.717) is 18.5 Å². The Morgan fingerprint density at radius 3 is 2.75 bits per heavy atom. The molecule has 8 nitrogen and oxygen atoms in total. The minimum absolute atomic E-state index is 0.0593. The largest absolute Gasteiger partial charge is 0.448 e. The van der Waals surface area contributed by atoms with Crippen molar-refractivity contribution in [1.29, 1.82) is 0 Å². The third kappa shape index (κ3) is 4.64. The van der Waals surface area contributed by atoms with Gasteiger partial charge in [-0.1, -0.05) is 17.7 Å². The van der Waals surface area contributed by atoms with Crippen LogP contribution in [0.4, 0.5) is 10.5 Å². The molecule has 3 aromatic rings. The first-order valence-corrected chi connectivity index (χ1v) is 9.08. The van der Waals surface area contributed by atoms with Crippen molar-refractivity contribution in [1.82, 2.24) is 20.5 Å². The van der Waals surface area contributed by atoms with Crippen LogP contribution in [0.2, 0.25) is 0 Å². The zero-order chi connectivity index (χ0) is 19.9. The Kier molecular flexibility index (Phi) is 6.21. The molecule has 0 aliphatic heterocycles. The van der Waals surface area contributed by atoms with E-state index in [1.165, 1.54) is 7.05 Å². The predicted octanol–water partition coefficient (Wildman–Crippen LogP) is 2.59. The third-order valence-corrected chi connectivity index (χ3v) is 4.40. The number of alkyl carbamates (subject to hydrolysis) is 1. The number of ether oxygens (including phenoxy) is 1. The molecule has 28 heavy (non-hydrogen) atoms. The summed E-state index contributed by atoms with van der Waals surface area (Å²) < 4.78 is 5.06. The normalized spacial score (nSPS) is 10.6. The standard InChI is InChI=1S/C20H23N5O3/c1-14-5-7-15(8-6-14)25(12-13-28-20(27)21-2)18(26)10-9-17-16-4-3-11-22-19(16)24-23-17/h3-8,11H,9-10,12-13H2,1-2H3,(H,21,27)(H,22,23,24). The molecule has 2 amide bonds. The Morgan fingerprint density at radius 2 is 2.00 bits per heavy atom. The summed E-state index contributed by atoms with van der Waals surface area (Å²) in [6.45, 7) is 2.37. The number of amides is 2. The van der Waals surface area contributed by atoms with Gasteiger partial charge in [0.2, 0.25) is 5.91 Å². The molecule has 3 rings (SSSR count). The minimum atomic E-state index is -0.521. The lowest BCUT2D eigenvalue weighted by Gasteiger charge is -2.23. The van der Waals surface area contributed by atoms with Crippen LogP contribution in [-0.4, -0.2) is 47.4 Å². The number of aromatic nitrogens is 3. The van der Waals surface area contributed by atoms with E-state index < -0.39 is 6.09 Å². The predicted molar refractivity (Wildman–Crippen MR) is 106 cm³/mol. The van der Waals surface area contributed by atoms with E-state index in [0.717, 1.165) is 22.3 Å². The maximum absolute atomic E-state index is 12.9. The number of carbonyl (C=O) groups is 2. The molecule has 0 unspecified atom stereocenters. The van der Waals surface area contributed by atoms with Gasteiger partial charge in [-0.05, 0) is 37.6 Å². The molecule has 0 saturated carbocycles. The summed E-state index contributed by atoms with van der Waals surface area (Å²) in [5.74, 6) is -0.0593. The van der Waals surface area contributed by atoms with Gasteiger partial charge in [0, 0.05) is 36.4 Å². The van der Waals surface area contributed by atoms with Crippen molar-refractivity contribution < 1.29 is 14.3 Å². The fourth-order valence-electron chi connectivity index (χ4n) is 2.88. The number of pyridine rings is 1. The van der Waals surface area contributed by atoms with E-state index in [-0.39, 0.29) is 19.1 Å². The maximum atomic E-state index is 12.9. The van der Waals surface area contributed by atoms with E-state index in [9.17, 15) is 9.59 Å². The number of rotatable bonds is 7. The summed E-state index contributed by atoms with van der Waals surface area (Å²) in [5.41, 5.74) is 3.39. The summed E-state index contributed by atoms with van der Waals surface area (Å²) in [7, 11) is 1.49.